The number of rotatable bonds is 5. The van der Waals surface area contributed by atoms with Crippen LogP contribution in [0, 0.1) is 6.92 Å². The van der Waals surface area contributed by atoms with Gasteiger partial charge in [-0.05, 0) is 38.0 Å². The van der Waals surface area contributed by atoms with E-state index in [1.807, 2.05) is 6.92 Å². The maximum absolute atomic E-state index is 5.04. The zero-order valence-corrected chi connectivity index (χ0v) is 9.94. The fourth-order valence-corrected chi connectivity index (χ4v) is 1.86. The second-order valence-corrected chi connectivity index (χ2v) is 4.07. The summed E-state index contributed by atoms with van der Waals surface area (Å²) in [6.07, 6.45) is 4.35. The SMILES string of the molecule is COCCCCn1ccc2ccc(C)nc21. The summed E-state index contributed by atoms with van der Waals surface area (Å²) in [5.41, 5.74) is 2.17. The van der Waals surface area contributed by atoms with Crippen molar-refractivity contribution in [1.82, 2.24) is 9.55 Å². The van der Waals surface area contributed by atoms with Crippen molar-refractivity contribution in [3.05, 3.63) is 30.1 Å². The van der Waals surface area contributed by atoms with E-state index in [1.54, 1.807) is 7.11 Å². The first-order valence-corrected chi connectivity index (χ1v) is 5.72. The molecule has 2 rings (SSSR count). The van der Waals surface area contributed by atoms with Crippen molar-refractivity contribution in [2.24, 2.45) is 0 Å². The molecular weight excluding hydrogens is 200 g/mol. The van der Waals surface area contributed by atoms with Crippen LogP contribution in [0.15, 0.2) is 24.4 Å². The lowest BCUT2D eigenvalue weighted by Crippen LogP contribution is -1.99. The average Bonchev–Trinajstić information content (AvgIpc) is 2.67. The third kappa shape index (κ3) is 2.42. The van der Waals surface area contributed by atoms with Gasteiger partial charge in [-0.15, -0.1) is 0 Å². The van der Waals surface area contributed by atoms with E-state index in [9.17, 15) is 0 Å². The van der Waals surface area contributed by atoms with Crippen LogP contribution in [0.5, 0.6) is 0 Å². The molecule has 0 saturated carbocycles. The van der Waals surface area contributed by atoms with Crippen molar-refractivity contribution in [2.75, 3.05) is 13.7 Å². The van der Waals surface area contributed by atoms with E-state index < -0.39 is 0 Å². The van der Waals surface area contributed by atoms with Gasteiger partial charge >= 0.3 is 0 Å². The number of hydrogen-bond acceptors (Lipinski definition) is 2. The molecule has 0 aliphatic rings. The molecule has 3 nitrogen and oxygen atoms in total. The molecule has 0 aliphatic carbocycles. The third-order valence-corrected chi connectivity index (χ3v) is 2.75. The summed E-state index contributed by atoms with van der Waals surface area (Å²) in [5.74, 6) is 0. The van der Waals surface area contributed by atoms with E-state index in [0.29, 0.717) is 0 Å². The molecule has 2 aromatic rings. The molecule has 86 valence electrons. The lowest BCUT2D eigenvalue weighted by Gasteiger charge is -2.04. The summed E-state index contributed by atoms with van der Waals surface area (Å²) in [6, 6.07) is 6.30. The second-order valence-electron chi connectivity index (χ2n) is 4.07. The highest BCUT2D eigenvalue weighted by atomic mass is 16.5. The first kappa shape index (κ1) is 11.1. The molecule has 0 aliphatic heterocycles. The van der Waals surface area contributed by atoms with Gasteiger partial charge in [-0.25, -0.2) is 4.98 Å². The smallest absolute Gasteiger partial charge is 0.140 e. The highest BCUT2D eigenvalue weighted by Crippen LogP contribution is 2.14. The minimum absolute atomic E-state index is 0.839. The van der Waals surface area contributed by atoms with E-state index in [4.69, 9.17) is 4.74 Å². The number of pyridine rings is 1. The monoisotopic (exact) mass is 218 g/mol. The van der Waals surface area contributed by atoms with E-state index in [-0.39, 0.29) is 0 Å². The van der Waals surface area contributed by atoms with E-state index in [0.717, 1.165) is 37.3 Å². The van der Waals surface area contributed by atoms with Crippen LogP contribution in [-0.4, -0.2) is 23.3 Å². The Balaban J connectivity index is 2.09. The van der Waals surface area contributed by atoms with Crippen molar-refractivity contribution in [3.63, 3.8) is 0 Å². The van der Waals surface area contributed by atoms with Crippen molar-refractivity contribution < 1.29 is 4.74 Å². The minimum atomic E-state index is 0.839. The predicted octanol–water partition coefficient (Wildman–Crippen LogP) is 2.77. The van der Waals surface area contributed by atoms with Crippen LogP contribution in [0.25, 0.3) is 11.0 Å². The molecule has 0 bridgehead atoms. The standard InChI is InChI=1S/C13H18N2O/c1-11-5-6-12-7-9-15(13(12)14-11)8-3-4-10-16-2/h5-7,9H,3-4,8,10H2,1-2H3. The Morgan fingerprint density at radius 2 is 2.12 bits per heavy atom. The van der Waals surface area contributed by atoms with Gasteiger partial charge in [-0.3, -0.25) is 0 Å². The number of nitrogens with zero attached hydrogens (tertiary/aromatic N) is 2. The molecule has 0 unspecified atom stereocenters. The number of methoxy groups -OCH3 is 1. The van der Waals surface area contributed by atoms with Gasteiger partial charge < -0.3 is 9.30 Å². The summed E-state index contributed by atoms with van der Waals surface area (Å²) in [4.78, 5) is 4.57. The first-order chi connectivity index (χ1) is 7.81. The van der Waals surface area contributed by atoms with Crippen molar-refractivity contribution >= 4 is 11.0 Å². The number of ether oxygens (including phenoxy) is 1. The minimum Gasteiger partial charge on any atom is -0.385 e. The van der Waals surface area contributed by atoms with Gasteiger partial charge in [0, 0.05) is 37.5 Å². The summed E-state index contributed by atoms with van der Waals surface area (Å²) < 4.78 is 7.26. The number of fused-ring (bicyclic) bond motifs is 1. The molecule has 0 aromatic carbocycles. The molecule has 3 heteroatoms. The van der Waals surface area contributed by atoms with Gasteiger partial charge in [0.2, 0.25) is 0 Å². The Bertz CT molecular complexity index is 462. The van der Waals surface area contributed by atoms with Crippen LogP contribution in [0.1, 0.15) is 18.5 Å². The van der Waals surface area contributed by atoms with Crippen LogP contribution in [0.2, 0.25) is 0 Å². The Kier molecular flexibility index (Phi) is 3.57. The van der Waals surface area contributed by atoms with Crippen molar-refractivity contribution in [3.8, 4) is 0 Å². The average molecular weight is 218 g/mol. The highest BCUT2D eigenvalue weighted by Gasteiger charge is 2.01. The van der Waals surface area contributed by atoms with Crippen LogP contribution < -0.4 is 0 Å². The van der Waals surface area contributed by atoms with Crippen LogP contribution >= 0.6 is 0 Å². The van der Waals surface area contributed by atoms with Gasteiger partial charge in [0.15, 0.2) is 0 Å². The molecule has 16 heavy (non-hydrogen) atoms. The Hall–Kier alpha value is -1.35. The Labute approximate surface area is 96.1 Å². The number of unbranched alkanes of at least 4 members (excludes halogenated alkanes) is 1. The zero-order valence-electron chi connectivity index (χ0n) is 9.94. The molecule has 0 radical (unpaired) electrons. The molecule has 0 spiro atoms. The fraction of sp³-hybridized carbons (Fsp3) is 0.462. The largest absolute Gasteiger partial charge is 0.385 e. The summed E-state index contributed by atoms with van der Waals surface area (Å²) in [6.45, 7) is 3.89. The van der Waals surface area contributed by atoms with Gasteiger partial charge in [-0.1, -0.05) is 0 Å². The highest BCUT2D eigenvalue weighted by molar-refractivity contribution is 5.76. The van der Waals surface area contributed by atoms with E-state index in [2.05, 4.69) is 33.9 Å². The zero-order chi connectivity index (χ0) is 11.4. The molecule has 0 amide bonds. The quantitative estimate of drug-likeness (QED) is 0.721. The molecule has 0 N–H and O–H groups in total. The fourth-order valence-electron chi connectivity index (χ4n) is 1.86. The lowest BCUT2D eigenvalue weighted by atomic mass is 10.3. The third-order valence-electron chi connectivity index (χ3n) is 2.75. The number of aryl methyl sites for hydroxylation is 2. The summed E-state index contributed by atoms with van der Waals surface area (Å²) in [7, 11) is 1.75. The molecule has 0 atom stereocenters. The van der Waals surface area contributed by atoms with Crippen molar-refractivity contribution in [2.45, 2.75) is 26.3 Å². The van der Waals surface area contributed by atoms with Crippen LogP contribution in [-0.2, 0) is 11.3 Å². The number of hydrogen-bond donors (Lipinski definition) is 0. The second kappa shape index (κ2) is 5.12. The Morgan fingerprint density at radius 3 is 2.94 bits per heavy atom. The molecule has 2 aromatic heterocycles. The van der Waals surface area contributed by atoms with Gasteiger partial charge in [-0.2, -0.15) is 0 Å². The topological polar surface area (TPSA) is 27.1 Å². The molecular formula is C13H18N2O. The maximum atomic E-state index is 5.04. The molecule has 0 saturated heterocycles. The van der Waals surface area contributed by atoms with Crippen molar-refractivity contribution in [1.29, 1.82) is 0 Å². The Morgan fingerprint density at radius 1 is 1.25 bits per heavy atom. The van der Waals surface area contributed by atoms with Crippen LogP contribution in [0.3, 0.4) is 0 Å². The van der Waals surface area contributed by atoms with Gasteiger partial charge in [0.05, 0.1) is 0 Å². The maximum Gasteiger partial charge on any atom is 0.140 e. The number of aromatic nitrogens is 2. The first-order valence-electron chi connectivity index (χ1n) is 5.72. The summed E-state index contributed by atoms with van der Waals surface area (Å²) in [5, 5.41) is 1.22. The van der Waals surface area contributed by atoms with E-state index in [1.165, 1.54) is 5.39 Å². The van der Waals surface area contributed by atoms with Gasteiger partial charge in [0.1, 0.15) is 5.65 Å². The lowest BCUT2D eigenvalue weighted by molar-refractivity contribution is 0.191. The molecule has 2 heterocycles. The van der Waals surface area contributed by atoms with Gasteiger partial charge in [0.25, 0.3) is 0 Å². The molecule has 0 fully saturated rings. The predicted molar refractivity (Wildman–Crippen MR) is 65.6 cm³/mol. The summed E-state index contributed by atoms with van der Waals surface area (Å²) >= 11 is 0. The normalized spacial score (nSPS) is 11.1. The van der Waals surface area contributed by atoms with E-state index >= 15 is 0 Å². The van der Waals surface area contributed by atoms with Crippen LogP contribution in [0.4, 0.5) is 0 Å².